The number of amides is 1. The summed E-state index contributed by atoms with van der Waals surface area (Å²) in [5.41, 5.74) is 0.632. The number of hydrogen-bond donors (Lipinski definition) is 2. The molecular formula is C12H14F2N2O2. The molecule has 18 heavy (non-hydrogen) atoms. The molecule has 3 rings (SSSR count). The zero-order valence-electron chi connectivity index (χ0n) is 9.75. The van der Waals surface area contributed by atoms with Crippen molar-refractivity contribution in [1.82, 2.24) is 9.88 Å². The van der Waals surface area contributed by atoms with E-state index in [1.165, 1.54) is 4.90 Å². The van der Waals surface area contributed by atoms with E-state index in [1.807, 2.05) is 0 Å². The molecule has 0 aromatic carbocycles. The number of carbonyl (C=O) groups is 1. The number of aromatic amines is 1. The fourth-order valence-electron chi connectivity index (χ4n) is 2.62. The lowest BCUT2D eigenvalue weighted by Crippen LogP contribution is -2.67. The van der Waals surface area contributed by atoms with Crippen molar-refractivity contribution < 1.29 is 18.7 Å². The lowest BCUT2D eigenvalue weighted by molar-refractivity contribution is -0.166. The highest BCUT2D eigenvalue weighted by atomic mass is 19.3. The first-order valence-electron chi connectivity index (χ1n) is 6.00. The average molecular weight is 256 g/mol. The number of aromatic nitrogens is 1. The number of alkyl halides is 2. The summed E-state index contributed by atoms with van der Waals surface area (Å²) in [4.78, 5) is 16.3. The van der Waals surface area contributed by atoms with E-state index >= 15 is 0 Å². The van der Waals surface area contributed by atoms with Gasteiger partial charge in [0, 0.05) is 5.69 Å². The zero-order valence-corrected chi connectivity index (χ0v) is 9.75. The molecule has 0 radical (unpaired) electrons. The van der Waals surface area contributed by atoms with Crippen LogP contribution in [0.4, 0.5) is 8.78 Å². The Balaban J connectivity index is 1.69. The number of nitrogens with zero attached hydrogens (tertiary/aromatic N) is 1. The van der Waals surface area contributed by atoms with Gasteiger partial charge in [-0.3, -0.25) is 4.79 Å². The van der Waals surface area contributed by atoms with Crippen LogP contribution in [0.1, 0.15) is 28.2 Å². The predicted molar refractivity (Wildman–Crippen MR) is 59.7 cm³/mol. The number of hydrogen-bond acceptors (Lipinski definition) is 2. The van der Waals surface area contributed by atoms with Gasteiger partial charge in [0.15, 0.2) is 5.60 Å². The first-order valence-corrected chi connectivity index (χ1v) is 6.00. The molecule has 0 atom stereocenters. The third-order valence-electron chi connectivity index (χ3n) is 3.72. The van der Waals surface area contributed by atoms with E-state index in [0.29, 0.717) is 5.69 Å². The molecule has 0 unspecified atom stereocenters. The Bertz CT molecular complexity index is 471. The van der Waals surface area contributed by atoms with E-state index < -0.39 is 12.0 Å². The third kappa shape index (κ3) is 1.63. The highest BCUT2D eigenvalue weighted by Gasteiger charge is 2.51. The van der Waals surface area contributed by atoms with Gasteiger partial charge in [-0.1, -0.05) is 0 Å². The predicted octanol–water partition coefficient (Wildman–Crippen LogP) is 0.955. The van der Waals surface area contributed by atoms with Gasteiger partial charge in [-0.15, -0.1) is 0 Å². The lowest BCUT2D eigenvalue weighted by Gasteiger charge is -2.45. The van der Waals surface area contributed by atoms with E-state index in [4.69, 9.17) is 0 Å². The molecule has 4 nitrogen and oxygen atoms in total. The highest BCUT2D eigenvalue weighted by molar-refractivity contribution is 5.93. The van der Waals surface area contributed by atoms with Crippen molar-refractivity contribution in [3.8, 4) is 0 Å². The van der Waals surface area contributed by atoms with Crippen molar-refractivity contribution in [2.24, 2.45) is 0 Å². The number of aliphatic hydroxyl groups is 1. The van der Waals surface area contributed by atoms with Gasteiger partial charge in [0.25, 0.3) is 12.3 Å². The summed E-state index contributed by atoms with van der Waals surface area (Å²) in [6.07, 6.45) is 0.170. The fourth-order valence-corrected chi connectivity index (χ4v) is 2.62. The maximum atomic E-state index is 12.4. The number of H-pyrrole nitrogens is 1. The van der Waals surface area contributed by atoms with Gasteiger partial charge in [0.2, 0.25) is 0 Å². The summed E-state index contributed by atoms with van der Waals surface area (Å²) in [6.45, 7) is -0.597. The topological polar surface area (TPSA) is 56.3 Å². The molecule has 2 aliphatic rings. The molecule has 0 saturated carbocycles. The van der Waals surface area contributed by atoms with Crippen LogP contribution in [0.3, 0.4) is 0 Å². The van der Waals surface area contributed by atoms with Gasteiger partial charge in [-0.2, -0.15) is 0 Å². The molecule has 2 N–H and O–H groups in total. The van der Waals surface area contributed by atoms with E-state index in [2.05, 4.69) is 4.98 Å². The SMILES string of the molecule is O=C(c1cc2c([nH]1)CCC2)N1CC(O)(C(F)F)C1. The Hall–Kier alpha value is -1.43. The minimum atomic E-state index is -2.81. The number of rotatable bonds is 2. The molecule has 2 heterocycles. The van der Waals surface area contributed by atoms with Crippen LogP contribution < -0.4 is 0 Å². The summed E-state index contributed by atoms with van der Waals surface area (Å²) >= 11 is 0. The van der Waals surface area contributed by atoms with Gasteiger partial charge >= 0.3 is 0 Å². The van der Waals surface area contributed by atoms with Gasteiger partial charge in [0.1, 0.15) is 5.69 Å². The summed E-state index contributed by atoms with van der Waals surface area (Å²) in [6, 6.07) is 1.80. The molecule has 1 aromatic heterocycles. The minimum Gasteiger partial charge on any atom is -0.380 e. The van der Waals surface area contributed by atoms with Crippen molar-refractivity contribution in [2.45, 2.75) is 31.3 Å². The molecule has 98 valence electrons. The van der Waals surface area contributed by atoms with Crippen LogP contribution in [0, 0.1) is 0 Å². The molecule has 1 aromatic rings. The van der Waals surface area contributed by atoms with Gasteiger partial charge in [-0.05, 0) is 30.9 Å². The highest BCUT2D eigenvalue weighted by Crippen LogP contribution is 2.30. The molecule has 1 aliphatic heterocycles. The lowest BCUT2D eigenvalue weighted by atomic mass is 9.94. The maximum absolute atomic E-state index is 12.4. The molecule has 1 fully saturated rings. The minimum absolute atomic E-state index is 0.298. The van der Waals surface area contributed by atoms with Crippen LogP contribution in [0.2, 0.25) is 0 Å². The van der Waals surface area contributed by atoms with E-state index in [1.54, 1.807) is 6.07 Å². The molecular weight excluding hydrogens is 242 g/mol. The van der Waals surface area contributed by atoms with Crippen molar-refractivity contribution in [3.05, 3.63) is 23.0 Å². The average Bonchev–Trinajstić information content (AvgIpc) is 2.83. The number of fused-ring (bicyclic) bond motifs is 1. The summed E-state index contributed by atoms with van der Waals surface area (Å²) in [5.74, 6) is -0.310. The number of nitrogens with one attached hydrogen (secondary N) is 1. The van der Waals surface area contributed by atoms with Crippen LogP contribution in [0.15, 0.2) is 6.07 Å². The standard InChI is InChI=1S/C12H14F2N2O2/c13-11(14)12(18)5-16(6-12)10(17)9-4-7-2-1-3-8(7)15-9/h4,11,15,18H,1-3,5-6H2. The Morgan fingerprint density at radius 3 is 2.78 bits per heavy atom. The molecule has 1 amide bonds. The molecule has 1 saturated heterocycles. The first kappa shape index (κ1) is 11.6. The first-order chi connectivity index (χ1) is 8.49. The van der Waals surface area contributed by atoms with Crippen LogP contribution in [0.25, 0.3) is 0 Å². The largest absolute Gasteiger partial charge is 0.380 e. The van der Waals surface area contributed by atoms with Crippen molar-refractivity contribution >= 4 is 5.91 Å². The molecule has 0 bridgehead atoms. The Kier molecular flexibility index (Phi) is 2.45. The van der Waals surface area contributed by atoms with E-state index in [0.717, 1.165) is 30.5 Å². The number of carbonyl (C=O) groups excluding carboxylic acids is 1. The third-order valence-corrected chi connectivity index (χ3v) is 3.72. The number of β-amino-alcohol motifs (C(OH)–C–C–N with tert-alkyl or cyclic N) is 1. The zero-order chi connectivity index (χ0) is 12.9. The second-order valence-corrected chi connectivity index (χ2v) is 5.11. The van der Waals surface area contributed by atoms with E-state index in [-0.39, 0.29) is 19.0 Å². The van der Waals surface area contributed by atoms with Gasteiger partial charge < -0.3 is 15.0 Å². The Labute approximate surface area is 103 Å². The molecule has 1 aliphatic carbocycles. The smallest absolute Gasteiger partial charge is 0.270 e. The van der Waals surface area contributed by atoms with Crippen molar-refractivity contribution in [2.75, 3.05) is 13.1 Å². The second kappa shape index (κ2) is 3.78. The molecule has 6 heteroatoms. The quantitative estimate of drug-likeness (QED) is 0.828. The summed E-state index contributed by atoms with van der Waals surface area (Å²) < 4.78 is 24.9. The number of aryl methyl sites for hydroxylation is 2. The van der Waals surface area contributed by atoms with Gasteiger partial charge in [0.05, 0.1) is 13.1 Å². The monoisotopic (exact) mass is 256 g/mol. The van der Waals surface area contributed by atoms with Crippen molar-refractivity contribution in [3.63, 3.8) is 0 Å². The maximum Gasteiger partial charge on any atom is 0.270 e. The number of likely N-dealkylation sites (tertiary alicyclic amines) is 1. The second-order valence-electron chi connectivity index (χ2n) is 5.11. The van der Waals surface area contributed by atoms with Crippen LogP contribution in [-0.2, 0) is 12.8 Å². The Morgan fingerprint density at radius 1 is 1.44 bits per heavy atom. The van der Waals surface area contributed by atoms with Crippen LogP contribution >= 0.6 is 0 Å². The van der Waals surface area contributed by atoms with Gasteiger partial charge in [-0.25, -0.2) is 8.78 Å². The Morgan fingerprint density at radius 2 is 2.17 bits per heavy atom. The van der Waals surface area contributed by atoms with Crippen molar-refractivity contribution in [1.29, 1.82) is 0 Å². The fraction of sp³-hybridized carbons (Fsp3) is 0.583. The van der Waals surface area contributed by atoms with E-state index in [9.17, 15) is 18.7 Å². The summed E-state index contributed by atoms with van der Waals surface area (Å²) in [5, 5.41) is 9.42. The van der Waals surface area contributed by atoms with Crippen LogP contribution in [0.5, 0.6) is 0 Å². The summed E-state index contributed by atoms with van der Waals surface area (Å²) in [7, 11) is 0. The number of halogens is 2. The van der Waals surface area contributed by atoms with Crippen LogP contribution in [-0.4, -0.2) is 46.0 Å². The normalized spacial score (nSPS) is 21.0. The molecule has 0 spiro atoms.